The molecule has 3 aromatic rings. The van der Waals surface area contributed by atoms with Crippen LogP contribution in [0.15, 0.2) is 86.0 Å². The Hall–Kier alpha value is -3.63. The van der Waals surface area contributed by atoms with Gasteiger partial charge < -0.3 is 9.84 Å². The number of hydrogen-bond acceptors (Lipinski definition) is 8. The van der Waals surface area contributed by atoms with Crippen molar-refractivity contribution in [2.45, 2.75) is 11.8 Å². The zero-order chi connectivity index (χ0) is 21.7. The van der Waals surface area contributed by atoms with Crippen molar-refractivity contribution in [2.24, 2.45) is 20.5 Å². The van der Waals surface area contributed by atoms with E-state index in [4.69, 9.17) is 9.29 Å². The van der Waals surface area contributed by atoms with Crippen molar-refractivity contribution in [1.82, 2.24) is 0 Å². The molecule has 154 valence electrons. The average molecular weight is 426 g/mol. The summed E-state index contributed by atoms with van der Waals surface area (Å²) in [6, 6.07) is 15.3. The molecule has 0 bridgehead atoms. The van der Waals surface area contributed by atoms with Crippen molar-refractivity contribution < 1.29 is 22.8 Å². The fraction of sp³-hybridized carbons (Fsp3) is 0.100. The quantitative estimate of drug-likeness (QED) is 0.380. The van der Waals surface area contributed by atoms with Crippen LogP contribution in [0.5, 0.6) is 11.5 Å². The molecule has 3 aromatic carbocycles. The summed E-state index contributed by atoms with van der Waals surface area (Å²) in [4.78, 5) is -0.267. The van der Waals surface area contributed by atoms with Crippen molar-refractivity contribution in [1.29, 1.82) is 0 Å². The van der Waals surface area contributed by atoms with Crippen LogP contribution in [-0.4, -0.2) is 25.2 Å². The highest BCUT2D eigenvalue weighted by atomic mass is 32.2. The van der Waals surface area contributed by atoms with Crippen molar-refractivity contribution in [2.75, 3.05) is 7.11 Å². The molecule has 0 unspecified atom stereocenters. The second-order valence-corrected chi connectivity index (χ2v) is 7.62. The number of phenolic OH excluding ortho intramolecular Hbond substituents is 1. The normalized spacial score (nSPS) is 12.0. The van der Waals surface area contributed by atoms with Gasteiger partial charge in [0.05, 0.1) is 29.1 Å². The molecule has 0 fully saturated rings. The summed E-state index contributed by atoms with van der Waals surface area (Å²) in [6.07, 6.45) is 0. The van der Waals surface area contributed by atoms with Gasteiger partial charge in [0.2, 0.25) is 0 Å². The zero-order valence-corrected chi connectivity index (χ0v) is 16.9. The van der Waals surface area contributed by atoms with Gasteiger partial charge in [-0.05, 0) is 61.0 Å². The van der Waals surface area contributed by atoms with Crippen LogP contribution in [0.25, 0.3) is 0 Å². The molecule has 0 saturated carbocycles. The summed E-state index contributed by atoms with van der Waals surface area (Å²) < 4.78 is 36.9. The molecule has 0 aliphatic heterocycles. The van der Waals surface area contributed by atoms with Crippen LogP contribution >= 0.6 is 0 Å². The highest BCUT2D eigenvalue weighted by molar-refractivity contribution is 7.85. The topological polar surface area (TPSA) is 133 Å². The lowest BCUT2D eigenvalue weighted by atomic mass is 10.2. The number of phenols is 1. The minimum absolute atomic E-state index is 0.184. The third kappa shape index (κ3) is 5.25. The molecule has 3 rings (SSSR count). The van der Waals surface area contributed by atoms with Gasteiger partial charge in [0, 0.05) is 6.07 Å². The molecule has 0 radical (unpaired) electrons. The molecule has 10 heteroatoms. The highest BCUT2D eigenvalue weighted by Crippen LogP contribution is 2.34. The van der Waals surface area contributed by atoms with Crippen LogP contribution in [-0.2, 0) is 10.1 Å². The van der Waals surface area contributed by atoms with E-state index in [9.17, 15) is 13.5 Å². The fourth-order valence-electron chi connectivity index (χ4n) is 2.45. The number of aromatic hydroxyl groups is 1. The number of benzene rings is 3. The maximum absolute atomic E-state index is 11.2. The first-order chi connectivity index (χ1) is 14.3. The molecular weight excluding hydrogens is 408 g/mol. The molecule has 0 aliphatic rings. The fourth-order valence-corrected chi connectivity index (χ4v) is 2.97. The molecule has 0 aliphatic carbocycles. The van der Waals surface area contributed by atoms with Gasteiger partial charge in [0.1, 0.15) is 17.2 Å². The van der Waals surface area contributed by atoms with E-state index in [0.717, 1.165) is 0 Å². The van der Waals surface area contributed by atoms with Gasteiger partial charge in [0.25, 0.3) is 10.1 Å². The van der Waals surface area contributed by atoms with Gasteiger partial charge in [0.15, 0.2) is 0 Å². The van der Waals surface area contributed by atoms with Gasteiger partial charge >= 0.3 is 0 Å². The first-order valence-electron chi connectivity index (χ1n) is 8.65. The Morgan fingerprint density at radius 1 is 0.833 bits per heavy atom. The first kappa shape index (κ1) is 21.1. The van der Waals surface area contributed by atoms with Crippen molar-refractivity contribution in [3.05, 3.63) is 66.2 Å². The lowest BCUT2D eigenvalue weighted by Gasteiger charge is -2.04. The first-order valence-corrected chi connectivity index (χ1v) is 10.1. The van der Waals surface area contributed by atoms with Crippen LogP contribution in [0.4, 0.5) is 22.7 Å². The Bertz CT molecular complexity index is 1240. The van der Waals surface area contributed by atoms with Gasteiger partial charge in [-0.1, -0.05) is 6.07 Å². The Labute approximate surface area is 173 Å². The van der Waals surface area contributed by atoms with Crippen LogP contribution < -0.4 is 4.74 Å². The van der Waals surface area contributed by atoms with Crippen LogP contribution in [0.3, 0.4) is 0 Å². The third-order valence-electron chi connectivity index (χ3n) is 4.01. The van der Waals surface area contributed by atoms with Crippen LogP contribution in [0, 0.1) is 6.92 Å². The van der Waals surface area contributed by atoms with E-state index in [1.807, 2.05) is 0 Å². The summed E-state index contributed by atoms with van der Waals surface area (Å²) in [5.74, 6) is 0.598. The summed E-state index contributed by atoms with van der Waals surface area (Å²) >= 11 is 0. The molecule has 0 amide bonds. The average Bonchev–Trinajstić information content (AvgIpc) is 2.73. The van der Waals surface area contributed by atoms with E-state index in [1.165, 1.54) is 25.3 Å². The maximum Gasteiger partial charge on any atom is 0.294 e. The molecule has 0 spiro atoms. The van der Waals surface area contributed by atoms with Gasteiger partial charge in [-0.2, -0.15) is 23.8 Å². The predicted molar refractivity (Wildman–Crippen MR) is 110 cm³/mol. The zero-order valence-electron chi connectivity index (χ0n) is 16.1. The van der Waals surface area contributed by atoms with E-state index >= 15 is 0 Å². The van der Waals surface area contributed by atoms with Gasteiger partial charge in [-0.3, -0.25) is 4.55 Å². The second kappa shape index (κ2) is 8.80. The van der Waals surface area contributed by atoms with Crippen molar-refractivity contribution in [3.8, 4) is 11.5 Å². The molecule has 2 N–H and O–H groups in total. The lowest BCUT2D eigenvalue weighted by Crippen LogP contribution is -1.96. The molecule has 0 heterocycles. The van der Waals surface area contributed by atoms with E-state index in [1.54, 1.807) is 49.4 Å². The predicted octanol–water partition coefficient (Wildman–Crippen LogP) is 5.79. The molecule has 30 heavy (non-hydrogen) atoms. The molecule has 0 atom stereocenters. The molecule has 0 aromatic heterocycles. The lowest BCUT2D eigenvalue weighted by molar-refractivity contribution is 0.416. The van der Waals surface area contributed by atoms with Gasteiger partial charge in [-0.15, -0.1) is 5.11 Å². The summed E-state index contributed by atoms with van der Waals surface area (Å²) in [5.41, 5.74) is 2.44. The van der Waals surface area contributed by atoms with E-state index in [0.29, 0.717) is 28.4 Å². The SMILES string of the molecule is COc1cc(N=Nc2cccc(S(=O)(=O)O)c2)ccc1N=Nc1ccc(O)c(C)c1. The molecular formula is C20H18N4O5S. The number of azo groups is 2. The van der Waals surface area contributed by atoms with Crippen molar-refractivity contribution in [3.63, 3.8) is 0 Å². The summed E-state index contributed by atoms with van der Waals surface area (Å²) in [6.45, 7) is 1.76. The van der Waals surface area contributed by atoms with Crippen LogP contribution in [0.2, 0.25) is 0 Å². The minimum atomic E-state index is -4.32. The standard InChI is InChI=1S/C20H18N4O5S/c1-13-10-15(7-9-19(13)25)23-24-18-8-6-16(12-20(18)29-2)22-21-14-4-3-5-17(11-14)30(26,27)28/h3-12,25H,1-2H3,(H,26,27,28). The monoisotopic (exact) mass is 426 g/mol. The largest absolute Gasteiger partial charge is 0.508 e. The number of rotatable bonds is 6. The number of aryl methyl sites for hydroxylation is 1. The Kier molecular flexibility index (Phi) is 6.19. The molecule has 9 nitrogen and oxygen atoms in total. The van der Waals surface area contributed by atoms with E-state index < -0.39 is 10.1 Å². The van der Waals surface area contributed by atoms with E-state index in [2.05, 4.69) is 20.5 Å². The summed E-state index contributed by atoms with van der Waals surface area (Å²) in [7, 11) is -2.84. The van der Waals surface area contributed by atoms with Gasteiger partial charge in [-0.25, -0.2) is 0 Å². The Morgan fingerprint density at radius 3 is 2.13 bits per heavy atom. The smallest absolute Gasteiger partial charge is 0.294 e. The van der Waals surface area contributed by atoms with Crippen molar-refractivity contribution >= 4 is 32.9 Å². The number of methoxy groups -OCH3 is 1. The Morgan fingerprint density at radius 2 is 1.47 bits per heavy atom. The number of nitrogens with zero attached hydrogens (tertiary/aromatic N) is 4. The number of ether oxygens (including phenoxy) is 1. The highest BCUT2D eigenvalue weighted by Gasteiger charge is 2.09. The minimum Gasteiger partial charge on any atom is -0.508 e. The molecule has 0 saturated heterocycles. The maximum atomic E-state index is 11.2. The summed E-state index contributed by atoms with van der Waals surface area (Å²) in [5, 5.41) is 25.9. The second-order valence-electron chi connectivity index (χ2n) is 6.20. The van der Waals surface area contributed by atoms with Crippen LogP contribution in [0.1, 0.15) is 5.56 Å². The Balaban J connectivity index is 1.82. The third-order valence-corrected chi connectivity index (χ3v) is 4.86. The van der Waals surface area contributed by atoms with E-state index in [-0.39, 0.29) is 16.3 Å². The number of hydrogen-bond donors (Lipinski definition) is 2.